The van der Waals surface area contributed by atoms with E-state index in [1.54, 1.807) is 37.4 Å². The Morgan fingerprint density at radius 2 is 2.14 bits per heavy atom. The van der Waals surface area contributed by atoms with Crippen molar-refractivity contribution in [2.45, 2.75) is 13.5 Å². The fraction of sp³-hybridized carbons (Fsp3) is 0.143. The van der Waals surface area contributed by atoms with Gasteiger partial charge in [-0.15, -0.1) is 10.2 Å². The maximum atomic E-state index is 12.0. The first-order valence-corrected chi connectivity index (χ1v) is 7.33. The predicted molar refractivity (Wildman–Crippen MR) is 78.8 cm³/mol. The number of hydrogen-bond acceptors (Lipinski definition) is 7. The van der Waals surface area contributed by atoms with Gasteiger partial charge in [-0.2, -0.15) is 0 Å². The Labute approximate surface area is 130 Å². The van der Waals surface area contributed by atoms with Crippen LogP contribution in [0, 0.1) is 6.92 Å². The molecule has 0 fully saturated rings. The van der Waals surface area contributed by atoms with Gasteiger partial charge < -0.3 is 14.5 Å². The Kier molecular flexibility index (Phi) is 4.10. The van der Waals surface area contributed by atoms with Crippen molar-refractivity contribution < 1.29 is 13.9 Å². The molecule has 0 saturated heterocycles. The average molecular weight is 316 g/mol. The highest BCUT2D eigenvalue weighted by Crippen LogP contribution is 2.23. The summed E-state index contributed by atoms with van der Waals surface area (Å²) >= 11 is 1.40. The fourth-order valence-corrected chi connectivity index (χ4v) is 2.21. The minimum atomic E-state index is -0.225. The third-order valence-corrected chi connectivity index (χ3v) is 3.35. The molecule has 1 amide bonds. The number of amides is 1. The topological polar surface area (TPSA) is 90.1 Å². The molecule has 0 aliphatic heterocycles. The summed E-state index contributed by atoms with van der Waals surface area (Å²) in [5.41, 5.74) is 0.516. The highest BCUT2D eigenvalue weighted by molar-refractivity contribution is 7.11. The van der Waals surface area contributed by atoms with E-state index in [2.05, 4.69) is 20.5 Å². The molecule has 0 unspecified atom stereocenters. The van der Waals surface area contributed by atoms with Gasteiger partial charge >= 0.3 is 0 Å². The Morgan fingerprint density at radius 3 is 2.77 bits per heavy atom. The third-order valence-electron chi connectivity index (χ3n) is 2.70. The van der Waals surface area contributed by atoms with Crippen LogP contribution in [-0.2, 0) is 6.54 Å². The number of ether oxygens (including phenoxy) is 1. The molecule has 2 aromatic heterocycles. The predicted octanol–water partition coefficient (Wildman–Crippen LogP) is 2.56. The van der Waals surface area contributed by atoms with Gasteiger partial charge in [0.1, 0.15) is 5.75 Å². The van der Waals surface area contributed by atoms with Gasteiger partial charge in [0.2, 0.25) is 11.8 Å². The van der Waals surface area contributed by atoms with Gasteiger partial charge in [-0.05, 0) is 24.3 Å². The van der Waals surface area contributed by atoms with Crippen LogP contribution in [0.25, 0.3) is 0 Å². The summed E-state index contributed by atoms with van der Waals surface area (Å²) in [6.07, 6.45) is 1.67. The maximum Gasteiger partial charge on any atom is 0.278 e. The van der Waals surface area contributed by atoms with E-state index in [1.165, 1.54) is 11.3 Å². The molecule has 0 radical (unpaired) electrons. The highest BCUT2D eigenvalue weighted by atomic mass is 32.1. The SMILES string of the molecule is Cc1nnc(CNC(=O)c2ccc(Oc3nccs3)cc2)o1. The van der Waals surface area contributed by atoms with E-state index in [0.29, 0.717) is 28.3 Å². The summed E-state index contributed by atoms with van der Waals surface area (Å²) in [5.74, 6) is 1.23. The number of rotatable bonds is 5. The van der Waals surface area contributed by atoms with Crippen molar-refractivity contribution in [3.63, 3.8) is 0 Å². The maximum absolute atomic E-state index is 12.0. The molecule has 0 saturated carbocycles. The van der Waals surface area contributed by atoms with Crippen LogP contribution in [-0.4, -0.2) is 21.1 Å². The second kappa shape index (κ2) is 6.35. The van der Waals surface area contributed by atoms with Crippen molar-refractivity contribution in [3.8, 4) is 10.9 Å². The summed E-state index contributed by atoms with van der Waals surface area (Å²) in [6, 6.07) is 6.79. The zero-order valence-corrected chi connectivity index (χ0v) is 12.5. The first-order valence-electron chi connectivity index (χ1n) is 6.45. The van der Waals surface area contributed by atoms with E-state index >= 15 is 0 Å². The molecule has 3 rings (SSSR count). The lowest BCUT2D eigenvalue weighted by atomic mass is 10.2. The number of nitrogens with one attached hydrogen (secondary N) is 1. The summed E-state index contributed by atoms with van der Waals surface area (Å²) in [5, 5.41) is 12.6. The number of thiazole rings is 1. The number of aryl methyl sites for hydroxylation is 1. The molecule has 0 bridgehead atoms. The normalized spacial score (nSPS) is 10.4. The standard InChI is InChI=1S/C14H12N4O3S/c1-9-17-18-12(20-9)8-16-13(19)10-2-4-11(5-3-10)21-14-15-6-7-22-14/h2-7H,8H2,1H3,(H,16,19). The van der Waals surface area contributed by atoms with Gasteiger partial charge in [0.25, 0.3) is 11.1 Å². The lowest BCUT2D eigenvalue weighted by Crippen LogP contribution is -2.22. The van der Waals surface area contributed by atoms with Crippen LogP contribution < -0.4 is 10.1 Å². The summed E-state index contributed by atoms with van der Waals surface area (Å²) in [4.78, 5) is 16.0. The largest absolute Gasteiger partial charge is 0.431 e. The van der Waals surface area contributed by atoms with Crippen LogP contribution in [0.15, 0.2) is 40.3 Å². The second-order valence-electron chi connectivity index (χ2n) is 4.32. The molecule has 2 heterocycles. The van der Waals surface area contributed by atoms with E-state index in [1.807, 2.05) is 5.38 Å². The van der Waals surface area contributed by atoms with Gasteiger partial charge in [-0.1, -0.05) is 11.3 Å². The minimum Gasteiger partial charge on any atom is -0.431 e. The fourth-order valence-electron chi connectivity index (χ4n) is 1.70. The molecule has 0 atom stereocenters. The van der Waals surface area contributed by atoms with Gasteiger partial charge in [0.15, 0.2) is 0 Å². The van der Waals surface area contributed by atoms with E-state index < -0.39 is 0 Å². The number of aromatic nitrogens is 3. The Hall–Kier alpha value is -2.74. The van der Waals surface area contributed by atoms with Crippen molar-refractivity contribution >= 4 is 17.2 Å². The lowest BCUT2D eigenvalue weighted by Gasteiger charge is -2.04. The van der Waals surface area contributed by atoms with Crippen molar-refractivity contribution in [2.24, 2.45) is 0 Å². The Bertz CT molecular complexity index is 753. The Balaban J connectivity index is 1.58. The average Bonchev–Trinajstić information content (AvgIpc) is 3.17. The molecule has 7 nitrogen and oxygen atoms in total. The quantitative estimate of drug-likeness (QED) is 0.778. The lowest BCUT2D eigenvalue weighted by molar-refractivity contribution is 0.0947. The first-order chi connectivity index (χ1) is 10.7. The number of carbonyl (C=O) groups is 1. The first kappa shape index (κ1) is 14.2. The van der Waals surface area contributed by atoms with E-state index in [0.717, 1.165) is 0 Å². The van der Waals surface area contributed by atoms with Gasteiger partial charge in [0, 0.05) is 24.1 Å². The summed E-state index contributed by atoms with van der Waals surface area (Å²) < 4.78 is 10.7. The van der Waals surface area contributed by atoms with Crippen LogP contribution in [0.1, 0.15) is 22.1 Å². The zero-order chi connectivity index (χ0) is 15.4. The number of hydrogen-bond donors (Lipinski definition) is 1. The molecule has 0 spiro atoms. The molecular weight excluding hydrogens is 304 g/mol. The molecule has 0 aliphatic carbocycles. The number of benzene rings is 1. The summed E-state index contributed by atoms with van der Waals surface area (Å²) in [7, 11) is 0. The van der Waals surface area contributed by atoms with Crippen LogP contribution in [0.2, 0.25) is 0 Å². The molecule has 112 valence electrons. The van der Waals surface area contributed by atoms with Crippen LogP contribution in [0.4, 0.5) is 0 Å². The zero-order valence-electron chi connectivity index (χ0n) is 11.6. The molecule has 22 heavy (non-hydrogen) atoms. The van der Waals surface area contributed by atoms with Crippen LogP contribution >= 0.6 is 11.3 Å². The third kappa shape index (κ3) is 3.47. The van der Waals surface area contributed by atoms with Gasteiger partial charge in [-0.25, -0.2) is 4.98 Å². The molecule has 8 heteroatoms. The van der Waals surface area contributed by atoms with Gasteiger partial charge in [-0.3, -0.25) is 4.79 Å². The van der Waals surface area contributed by atoms with Crippen molar-refractivity contribution in [1.29, 1.82) is 0 Å². The van der Waals surface area contributed by atoms with Crippen molar-refractivity contribution in [1.82, 2.24) is 20.5 Å². The summed E-state index contributed by atoms with van der Waals surface area (Å²) in [6.45, 7) is 1.89. The Morgan fingerprint density at radius 1 is 1.32 bits per heavy atom. The van der Waals surface area contributed by atoms with Crippen molar-refractivity contribution in [3.05, 3.63) is 53.2 Å². The molecule has 1 aromatic carbocycles. The number of carbonyl (C=O) groups excluding carboxylic acids is 1. The monoisotopic (exact) mass is 316 g/mol. The smallest absolute Gasteiger partial charge is 0.278 e. The molecule has 3 aromatic rings. The van der Waals surface area contributed by atoms with Gasteiger partial charge in [0.05, 0.1) is 6.54 Å². The van der Waals surface area contributed by atoms with Crippen LogP contribution in [0.3, 0.4) is 0 Å². The van der Waals surface area contributed by atoms with Crippen molar-refractivity contribution in [2.75, 3.05) is 0 Å². The van der Waals surface area contributed by atoms with E-state index in [4.69, 9.17) is 9.15 Å². The highest BCUT2D eigenvalue weighted by Gasteiger charge is 2.08. The van der Waals surface area contributed by atoms with E-state index in [-0.39, 0.29) is 12.5 Å². The van der Waals surface area contributed by atoms with E-state index in [9.17, 15) is 4.79 Å². The molecule has 1 N–H and O–H groups in total. The van der Waals surface area contributed by atoms with Crippen LogP contribution in [0.5, 0.6) is 10.9 Å². The number of nitrogens with zero attached hydrogens (tertiary/aromatic N) is 3. The molecular formula is C14H12N4O3S. The minimum absolute atomic E-state index is 0.192. The molecule has 0 aliphatic rings. The second-order valence-corrected chi connectivity index (χ2v) is 5.18.